The molecule has 2 aromatic heterocycles. The van der Waals surface area contributed by atoms with Crippen LogP contribution in [-0.2, 0) is 7.05 Å². The Labute approximate surface area is 171 Å². The minimum absolute atomic E-state index is 0.139. The number of aromatic nitrogens is 4. The zero-order valence-corrected chi connectivity index (χ0v) is 16.7. The molecule has 1 saturated heterocycles. The fraction of sp³-hybridized carbons (Fsp3) is 0.409. The first-order chi connectivity index (χ1) is 14.2. The summed E-state index contributed by atoms with van der Waals surface area (Å²) in [4.78, 5) is 6.54. The number of hydrogen-bond donors (Lipinski definition) is 1. The average Bonchev–Trinajstić information content (AvgIpc) is 3.21. The van der Waals surface area contributed by atoms with E-state index in [1.54, 1.807) is 6.20 Å². The van der Waals surface area contributed by atoms with Gasteiger partial charge in [0.15, 0.2) is 11.6 Å². The van der Waals surface area contributed by atoms with Gasteiger partial charge in [-0.3, -0.25) is 0 Å². The summed E-state index contributed by atoms with van der Waals surface area (Å²) < 4.78 is 7.80. The minimum Gasteiger partial charge on any atom is -0.494 e. The van der Waals surface area contributed by atoms with Crippen LogP contribution < -0.4 is 9.64 Å². The molecule has 1 aliphatic heterocycles. The molecule has 7 heteroatoms. The van der Waals surface area contributed by atoms with Crippen LogP contribution in [0.2, 0.25) is 0 Å². The van der Waals surface area contributed by atoms with E-state index in [-0.39, 0.29) is 12.0 Å². The maximum absolute atomic E-state index is 10.2. The Hall–Kier alpha value is -2.93. The Bertz CT molecular complexity index is 912. The number of anilines is 1. The van der Waals surface area contributed by atoms with Crippen LogP contribution >= 0.6 is 0 Å². The molecule has 1 fully saturated rings. The molecule has 1 N–H and O–H groups in total. The number of hydrogen-bond acceptors (Lipinski definition) is 6. The predicted molar refractivity (Wildman–Crippen MR) is 112 cm³/mol. The van der Waals surface area contributed by atoms with Crippen LogP contribution in [0.25, 0.3) is 11.5 Å². The first-order valence-electron chi connectivity index (χ1n) is 10.0. The van der Waals surface area contributed by atoms with Gasteiger partial charge in [-0.2, -0.15) is 0 Å². The van der Waals surface area contributed by atoms with Gasteiger partial charge in [-0.25, -0.2) is 4.98 Å². The van der Waals surface area contributed by atoms with E-state index in [4.69, 9.17) is 4.74 Å². The van der Waals surface area contributed by atoms with Gasteiger partial charge in [0.1, 0.15) is 11.4 Å². The van der Waals surface area contributed by atoms with E-state index in [0.29, 0.717) is 6.61 Å². The van der Waals surface area contributed by atoms with Crippen LogP contribution in [0.5, 0.6) is 5.75 Å². The number of para-hydroxylation sites is 1. The highest BCUT2D eigenvalue weighted by molar-refractivity contribution is 5.52. The van der Waals surface area contributed by atoms with E-state index >= 15 is 0 Å². The molecule has 0 aliphatic carbocycles. The summed E-state index contributed by atoms with van der Waals surface area (Å²) in [5.74, 6) is 2.50. The number of nitrogens with zero attached hydrogens (tertiary/aromatic N) is 5. The van der Waals surface area contributed by atoms with Crippen LogP contribution in [-0.4, -0.2) is 51.2 Å². The summed E-state index contributed by atoms with van der Waals surface area (Å²) in [6, 6.07) is 13.8. The first-order valence-corrected chi connectivity index (χ1v) is 10.0. The van der Waals surface area contributed by atoms with Crippen LogP contribution in [0.15, 0.2) is 54.9 Å². The van der Waals surface area contributed by atoms with Crippen molar-refractivity contribution < 1.29 is 9.84 Å². The van der Waals surface area contributed by atoms with Crippen molar-refractivity contribution >= 4 is 5.82 Å². The summed E-state index contributed by atoms with van der Waals surface area (Å²) in [5.41, 5.74) is 0.565. The minimum atomic E-state index is -0.187. The SMILES string of the molecule is Cn1ccnc1-c1ccc(N2CCCC(CO)(CCOc3ccccc3)C2)nn1. The molecule has 0 radical (unpaired) electrons. The summed E-state index contributed by atoms with van der Waals surface area (Å²) in [6.07, 6.45) is 6.44. The highest BCUT2D eigenvalue weighted by Crippen LogP contribution is 2.35. The number of aliphatic hydroxyl groups excluding tert-OH is 1. The molecule has 3 heterocycles. The standard InChI is InChI=1S/C22H27N5O2/c1-26-14-12-23-21(26)19-8-9-20(25-24-19)27-13-5-10-22(16-27,17-28)11-15-29-18-6-3-2-4-7-18/h2-4,6-9,12,14,28H,5,10-11,13,15-17H2,1H3. The summed E-state index contributed by atoms with van der Waals surface area (Å²) in [7, 11) is 1.94. The number of ether oxygens (including phenoxy) is 1. The second-order valence-electron chi connectivity index (χ2n) is 7.73. The number of benzene rings is 1. The van der Waals surface area contributed by atoms with Gasteiger partial charge >= 0.3 is 0 Å². The number of aryl methyl sites for hydroxylation is 1. The lowest BCUT2D eigenvalue weighted by atomic mass is 9.78. The van der Waals surface area contributed by atoms with Gasteiger partial charge in [0.25, 0.3) is 0 Å². The molecule has 29 heavy (non-hydrogen) atoms. The van der Waals surface area contributed by atoms with E-state index in [9.17, 15) is 5.11 Å². The smallest absolute Gasteiger partial charge is 0.160 e. The summed E-state index contributed by atoms with van der Waals surface area (Å²) in [5, 5.41) is 19.0. The molecule has 0 bridgehead atoms. The molecule has 0 spiro atoms. The normalized spacial score (nSPS) is 19.3. The van der Waals surface area contributed by atoms with E-state index in [1.165, 1.54) is 0 Å². The van der Waals surface area contributed by atoms with Crippen LogP contribution in [0, 0.1) is 5.41 Å². The molecule has 3 aromatic rings. The molecule has 1 unspecified atom stereocenters. The molecule has 1 aliphatic rings. The summed E-state index contributed by atoms with van der Waals surface area (Å²) in [6.45, 7) is 2.39. The molecule has 0 amide bonds. The third kappa shape index (κ3) is 4.40. The van der Waals surface area contributed by atoms with Crippen molar-refractivity contribution in [1.29, 1.82) is 0 Å². The third-order valence-corrected chi connectivity index (χ3v) is 5.67. The highest BCUT2D eigenvalue weighted by Gasteiger charge is 2.35. The van der Waals surface area contributed by atoms with Crippen molar-refractivity contribution in [3.05, 3.63) is 54.9 Å². The highest BCUT2D eigenvalue weighted by atomic mass is 16.5. The van der Waals surface area contributed by atoms with Crippen LogP contribution in [0.1, 0.15) is 19.3 Å². The molecule has 0 saturated carbocycles. The molecule has 1 aromatic carbocycles. The van der Waals surface area contributed by atoms with Gasteiger partial charge < -0.3 is 19.3 Å². The van der Waals surface area contributed by atoms with Crippen molar-refractivity contribution in [2.24, 2.45) is 12.5 Å². The van der Waals surface area contributed by atoms with Gasteiger partial charge in [-0.15, -0.1) is 10.2 Å². The van der Waals surface area contributed by atoms with Gasteiger partial charge in [0.05, 0.1) is 13.2 Å². The zero-order chi connectivity index (χ0) is 20.1. The average molecular weight is 393 g/mol. The Morgan fingerprint density at radius 3 is 2.69 bits per heavy atom. The van der Waals surface area contributed by atoms with Crippen LogP contribution in [0.3, 0.4) is 0 Å². The topological polar surface area (TPSA) is 76.3 Å². The fourth-order valence-electron chi connectivity index (χ4n) is 3.94. The third-order valence-electron chi connectivity index (χ3n) is 5.67. The second kappa shape index (κ2) is 8.61. The van der Waals surface area contributed by atoms with Gasteiger partial charge in [0, 0.05) is 37.9 Å². The lowest BCUT2D eigenvalue weighted by Crippen LogP contribution is -2.46. The molecule has 7 nitrogen and oxygen atoms in total. The number of rotatable bonds is 7. The molecule has 152 valence electrons. The van der Waals surface area contributed by atoms with Crippen molar-refractivity contribution in [2.75, 3.05) is 31.2 Å². The van der Waals surface area contributed by atoms with Crippen molar-refractivity contribution in [2.45, 2.75) is 19.3 Å². The van der Waals surface area contributed by atoms with Gasteiger partial charge in [-0.1, -0.05) is 18.2 Å². The molecule has 4 rings (SSSR count). The lowest BCUT2D eigenvalue weighted by Gasteiger charge is -2.42. The Balaban J connectivity index is 1.41. The Kier molecular flexibility index (Phi) is 5.76. The maximum Gasteiger partial charge on any atom is 0.160 e. The monoisotopic (exact) mass is 393 g/mol. The second-order valence-corrected chi connectivity index (χ2v) is 7.73. The Morgan fingerprint density at radius 2 is 2.00 bits per heavy atom. The van der Waals surface area contributed by atoms with Crippen LogP contribution in [0.4, 0.5) is 5.82 Å². The number of piperidine rings is 1. The van der Waals surface area contributed by atoms with E-state index in [2.05, 4.69) is 20.1 Å². The first kappa shape index (κ1) is 19.4. The fourth-order valence-corrected chi connectivity index (χ4v) is 3.94. The quantitative estimate of drug-likeness (QED) is 0.665. The molecule has 1 atom stereocenters. The van der Waals surface area contributed by atoms with E-state index in [0.717, 1.165) is 55.4 Å². The molecular formula is C22H27N5O2. The number of aliphatic hydroxyl groups is 1. The molecular weight excluding hydrogens is 366 g/mol. The number of imidazole rings is 1. The zero-order valence-electron chi connectivity index (χ0n) is 16.7. The Morgan fingerprint density at radius 1 is 1.14 bits per heavy atom. The van der Waals surface area contributed by atoms with E-state index < -0.39 is 0 Å². The van der Waals surface area contributed by atoms with Gasteiger partial charge in [0.2, 0.25) is 0 Å². The maximum atomic E-state index is 10.2. The van der Waals surface area contributed by atoms with Crippen molar-refractivity contribution in [3.63, 3.8) is 0 Å². The van der Waals surface area contributed by atoms with E-state index in [1.807, 2.05) is 60.3 Å². The van der Waals surface area contributed by atoms with Crippen molar-refractivity contribution in [3.8, 4) is 17.3 Å². The van der Waals surface area contributed by atoms with Gasteiger partial charge in [-0.05, 0) is 43.5 Å². The predicted octanol–water partition coefficient (Wildman–Crippen LogP) is 2.93. The largest absolute Gasteiger partial charge is 0.494 e. The summed E-state index contributed by atoms with van der Waals surface area (Å²) >= 11 is 0. The lowest BCUT2D eigenvalue weighted by molar-refractivity contribution is 0.0791. The van der Waals surface area contributed by atoms with Crippen molar-refractivity contribution in [1.82, 2.24) is 19.7 Å².